The quantitative estimate of drug-likeness (QED) is 0.149. The number of aromatic hydroxyl groups is 1. The van der Waals surface area contributed by atoms with Crippen molar-refractivity contribution in [3.8, 4) is 57.3 Å². The maximum absolute atomic E-state index is 11.0. The van der Waals surface area contributed by atoms with Gasteiger partial charge in [0.15, 0.2) is 5.82 Å². The molecule has 6 aromatic carbocycles. The zero-order valence-corrected chi connectivity index (χ0v) is 25.5. The van der Waals surface area contributed by atoms with Crippen molar-refractivity contribution >= 4 is 34.3 Å². The van der Waals surface area contributed by atoms with E-state index in [1.54, 1.807) is 6.07 Å². The molecule has 0 unspecified atom stereocenters. The number of para-hydroxylation sites is 5. The molecule has 10 rings (SSSR count). The molecule has 48 heavy (non-hydrogen) atoms. The summed E-state index contributed by atoms with van der Waals surface area (Å²) in [4.78, 5) is 5.28. The van der Waals surface area contributed by atoms with Gasteiger partial charge in [-0.2, -0.15) is 0 Å². The first-order valence-corrected chi connectivity index (χ1v) is 15.8. The van der Waals surface area contributed by atoms with Crippen LogP contribution >= 0.6 is 0 Å². The number of rotatable bonds is 4. The summed E-state index contributed by atoms with van der Waals surface area (Å²) in [6, 6.07) is 48.0. The van der Waals surface area contributed by atoms with E-state index in [1.165, 1.54) is 0 Å². The van der Waals surface area contributed by atoms with Gasteiger partial charge in [-0.1, -0.05) is 84.9 Å². The summed E-state index contributed by atoms with van der Waals surface area (Å²) in [5.74, 6) is 3.55. The van der Waals surface area contributed by atoms with Crippen molar-refractivity contribution in [1.82, 2.24) is 14.1 Å². The van der Waals surface area contributed by atoms with E-state index in [2.05, 4.69) is 51.9 Å². The Kier molecular flexibility index (Phi) is 5.69. The van der Waals surface area contributed by atoms with Crippen molar-refractivity contribution < 1.29 is 19.1 Å². The van der Waals surface area contributed by atoms with Crippen LogP contribution in [0.5, 0.6) is 28.9 Å². The highest BCUT2D eigenvalue weighted by molar-refractivity contribution is 6.97. The SMILES string of the molecule is Oc1ccccc1-c1nc2c(n1-c1ccccc1)Oc1cccc3c1B2c1cc(-n2[c-][n+](-c4ccccc4)c4ccccc42)ccc1O3. The van der Waals surface area contributed by atoms with Crippen LogP contribution in [-0.2, 0) is 0 Å². The van der Waals surface area contributed by atoms with Crippen LogP contribution < -0.4 is 30.6 Å². The van der Waals surface area contributed by atoms with Crippen LogP contribution in [0.1, 0.15) is 0 Å². The van der Waals surface area contributed by atoms with Crippen LogP contribution in [-0.4, -0.2) is 25.9 Å². The first-order chi connectivity index (χ1) is 23.7. The van der Waals surface area contributed by atoms with Gasteiger partial charge in [-0.3, -0.25) is 13.7 Å². The third kappa shape index (κ3) is 3.89. The van der Waals surface area contributed by atoms with Crippen molar-refractivity contribution in [2.45, 2.75) is 0 Å². The zero-order valence-electron chi connectivity index (χ0n) is 25.5. The van der Waals surface area contributed by atoms with Crippen LogP contribution in [0.4, 0.5) is 0 Å². The summed E-state index contributed by atoms with van der Waals surface area (Å²) in [5.41, 5.74) is 8.19. The molecule has 0 aliphatic carbocycles. The molecule has 2 aliphatic heterocycles. The molecule has 0 radical (unpaired) electrons. The average Bonchev–Trinajstić information content (AvgIpc) is 3.72. The second-order valence-corrected chi connectivity index (χ2v) is 11.9. The summed E-state index contributed by atoms with van der Waals surface area (Å²) in [5, 5.41) is 11.0. The van der Waals surface area contributed by atoms with Crippen molar-refractivity contribution in [1.29, 1.82) is 0 Å². The Labute approximate surface area is 276 Å². The lowest BCUT2D eigenvalue weighted by Crippen LogP contribution is -2.58. The molecule has 0 spiro atoms. The van der Waals surface area contributed by atoms with Gasteiger partial charge in [0.1, 0.15) is 23.0 Å². The number of fused-ring (bicyclic) bond motifs is 5. The monoisotopic (exact) mass is 620 g/mol. The third-order valence-electron chi connectivity index (χ3n) is 9.17. The van der Waals surface area contributed by atoms with Crippen LogP contribution in [0.25, 0.3) is 39.5 Å². The standard InChI is InChI=1S/C40H25BN4O3/c46-33-19-10-7-16-29(33)39-42-38-40(45(39)27-14-5-2-6-15-27)48-36-21-11-20-35-37(36)41(38)30-24-28(22-23-34(30)47-35)44-25-43(26-12-3-1-4-13-26)31-17-8-9-18-32(31)44/h1-24,46H. The van der Waals surface area contributed by atoms with E-state index in [0.29, 0.717) is 23.0 Å². The van der Waals surface area contributed by atoms with E-state index in [9.17, 15) is 5.11 Å². The molecular formula is C40H25BN4O3. The second kappa shape index (κ2) is 10.2. The van der Waals surface area contributed by atoms with Gasteiger partial charge in [0.25, 0.3) is 13.0 Å². The Morgan fingerprint density at radius 2 is 1.40 bits per heavy atom. The minimum atomic E-state index is -0.290. The molecule has 0 bridgehead atoms. The van der Waals surface area contributed by atoms with Crippen molar-refractivity contribution in [2.24, 2.45) is 0 Å². The molecule has 2 aromatic heterocycles. The first-order valence-electron chi connectivity index (χ1n) is 15.8. The molecule has 1 N–H and O–H groups in total. The van der Waals surface area contributed by atoms with Gasteiger partial charge in [-0.15, -0.1) is 0 Å². The van der Waals surface area contributed by atoms with Gasteiger partial charge in [-0.25, -0.2) is 4.98 Å². The topological polar surface area (TPSA) is 65.3 Å². The summed E-state index contributed by atoms with van der Waals surface area (Å²) in [6.07, 6.45) is 3.61. The van der Waals surface area contributed by atoms with E-state index in [-0.39, 0.29) is 12.5 Å². The van der Waals surface area contributed by atoms with Gasteiger partial charge >= 0.3 is 0 Å². The highest BCUT2D eigenvalue weighted by Gasteiger charge is 2.44. The number of phenolic OH excluding ortho intramolecular Hbond substituents is 1. The Bertz CT molecular complexity index is 2540. The fraction of sp³-hybridized carbons (Fsp3) is 0. The summed E-state index contributed by atoms with van der Waals surface area (Å²) in [7, 11) is 0. The molecule has 0 saturated heterocycles. The molecule has 0 fully saturated rings. The van der Waals surface area contributed by atoms with Gasteiger partial charge in [-0.05, 0) is 66.1 Å². The van der Waals surface area contributed by atoms with E-state index in [0.717, 1.165) is 56.1 Å². The molecule has 0 atom stereocenters. The predicted octanol–water partition coefficient (Wildman–Crippen LogP) is 5.99. The van der Waals surface area contributed by atoms with Gasteiger partial charge in [0.2, 0.25) is 5.88 Å². The van der Waals surface area contributed by atoms with Crippen LogP contribution in [0.3, 0.4) is 0 Å². The third-order valence-corrected chi connectivity index (χ3v) is 9.17. The minimum Gasteiger partial charge on any atom is -0.507 e. The number of imidazole rings is 2. The van der Waals surface area contributed by atoms with Crippen molar-refractivity contribution in [3.63, 3.8) is 0 Å². The summed E-state index contributed by atoms with van der Waals surface area (Å²) in [6.45, 7) is -0.290. The van der Waals surface area contributed by atoms with E-state index < -0.39 is 0 Å². The molecule has 226 valence electrons. The molecule has 0 amide bonds. The first kappa shape index (κ1) is 26.7. The maximum atomic E-state index is 11.0. The molecule has 8 aromatic rings. The lowest BCUT2D eigenvalue weighted by molar-refractivity contribution is -0.572. The highest BCUT2D eigenvalue weighted by Crippen LogP contribution is 2.39. The predicted molar refractivity (Wildman–Crippen MR) is 186 cm³/mol. The number of hydrogen-bond donors (Lipinski definition) is 1. The molecule has 2 aliphatic rings. The Morgan fingerprint density at radius 1 is 0.667 bits per heavy atom. The smallest absolute Gasteiger partial charge is 0.285 e. The number of phenols is 1. The van der Waals surface area contributed by atoms with Gasteiger partial charge < -0.3 is 14.6 Å². The lowest BCUT2D eigenvalue weighted by atomic mass is 9.36. The summed E-state index contributed by atoms with van der Waals surface area (Å²) >= 11 is 0. The normalized spacial score (nSPS) is 12.5. The average molecular weight is 620 g/mol. The molecule has 7 nitrogen and oxygen atoms in total. The van der Waals surface area contributed by atoms with Crippen LogP contribution in [0.15, 0.2) is 146 Å². The molecular weight excluding hydrogens is 595 g/mol. The molecule has 8 heteroatoms. The fourth-order valence-electron chi connectivity index (χ4n) is 7.03. The van der Waals surface area contributed by atoms with Gasteiger partial charge in [0.05, 0.1) is 39.3 Å². The number of hydrogen-bond acceptors (Lipinski definition) is 4. The van der Waals surface area contributed by atoms with Crippen molar-refractivity contribution in [3.05, 3.63) is 152 Å². The lowest BCUT2D eigenvalue weighted by Gasteiger charge is -2.31. The van der Waals surface area contributed by atoms with Crippen LogP contribution in [0, 0.1) is 6.33 Å². The highest BCUT2D eigenvalue weighted by atomic mass is 16.5. The number of ether oxygens (including phenoxy) is 2. The minimum absolute atomic E-state index is 0.145. The maximum Gasteiger partial charge on any atom is 0.285 e. The van der Waals surface area contributed by atoms with Gasteiger partial charge in [0, 0.05) is 5.46 Å². The Balaban J connectivity index is 1.22. The van der Waals surface area contributed by atoms with E-state index >= 15 is 0 Å². The number of aromatic nitrogens is 4. The number of nitrogens with zero attached hydrogens (tertiary/aromatic N) is 4. The van der Waals surface area contributed by atoms with E-state index in [4.69, 9.17) is 14.5 Å². The largest absolute Gasteiger partial charge is 0.507 e. The Hall–Kier alpha value is -6.54. The van der Waals surface area contributed by atoms with E-state index in [1.807, 2.05) is 108 Å². The van der Waals surface area contributed by atoms with Crippen molar-refractivity contribution in [2.75, 3.05) is 0 Å². The molecule has 0 saturated carbocycles. The van der Waals surface area contributed by atoms with Crippen LogP contribution in [0.2, 0.25) is 0 Å². The molecule has 4 heterocycles. The zero-order chi connectivity index (χ0) is 31.8. The second-order valence-electron chi connectivity index (χ2n) is 11.9. The Morgan fingerprint density at radius 3 is 2.23 bits per heavy atom. The fourth-order valence-corrected chi connectivity index (χ4v) is 7.03. The summed E-state index contributed by atoms with van der Waals surface area (Å²) < 4.78 is 19.4. The number of benzene rings is 6.